The Morgan fingerprint density at radius 1 is 0.950 bits per heavy atom. The molecule has 0 fully saturated rings. The van der Waals surface area contributed by atoms with Crippen LogP contribution in [0.15, 0.2) is 48.5 Å². The number of carbonyl (C=O) groups is 1. The maximum absolute atomic E-state index is 11.7. The van der Waals surface area contributed by atoms with E-state index in [-0.39, 0.29) is 11.9 Å². The van der Waals surface area contributed by atoms with Crippen LogP contribution < -0.4 is 5.32 Å². The second-order valence-electron chi connectivity index (χ2n) is 4.46. The standard InChI is InChI=1S/C16H15Cl2NO/c1-2-15(20)19-16(11-3-7-13(17)8-4-11)12-5-9-14(18)10-6-12/h3-10,16H,2H2,1H3,(H,19,20). The third-order valence-electron chi connectivity index (χ3n) is 3.03. The lowest BCUT2D eigenvalue weighted by atomic mass is 9.98. The molecule has 0 saturated carbocycles. The Bertz CT molecular complexity index is 533. The predicted molar refractivity (Wildman–Crippen MR) is 83.2 cm³/mol. The molecule has 1 N–H and O–H groups in total. The van der Waals surface area contributed by atoms with E-state index in [4.69, 9.17) is 23.2 Å². The third kappa shape index (κ3) is 3.75. The Morgan fingerprint density at radius 2 is 1.35 bits per heavy atom. The monoisotopic (exact) mass is 307 g/mol. The summed E-state index contributed by atoms with van der Waals surface area (Å²) in [6, 6.07) is 14.7. The SMILES string of the molecule is CCC(=O)NC(c1ccc(Cl)cc1)c1ccc(Cl)cc1. The molecular weight excluding hydrogens is 293 g/mol. The second kappa shape index (κ2) is 6.78. The highest BCUT2D eigenvalue weighted by Crippen LogP contribution is 2.25. The zero-order chi connectivity index (χ0) is 14.5. The molecule has 0 radical (unpaired) electrons. The number of hydrogen-bond donors (Lipinski definition) is 1. The third-order valence-corrected chi connectivity index (χ3v) is 3.54. The topological polar surface area (TPSA) is 29.1 Å². The van der Waals surface area contributed by atoms with E-state index in [9.17, 15) is 4.79 Å². The first-order valence-corrected chi connectivity index (χ1v) is 7.16. The van der Waals surface area contributed by atoms with Crippen molar-refractivity contribution < 1.29 is 4.79 Å². The molecule has 0 atom stereocenters. The summed E-state index contributed by atoms with van der Waals surface area (Å²) in [7, 11) is 0. The Kier molecular flexibility index (Phi) is 5.05. The molecule has 0 spiro atoms. The predicted octanol–water partition coefficient (Wildman–Crippen LogP) is 4.61. The summed E-state index contributed by atoms with van der Waals surface area (Å²) in [4.78, 5) is 11.7. The van der Waals surface area contributed by atoms with Crippen LogP contribution in [0.1, 0.15) is 30.5 Å². The summed E-state index contributed by atoms with van der Waals surface area (Å²) in [6.45, 7) is 1.83. The van der Waals surface area contributed by atoms with Gasteiger partial charge in [-0.05, 0) is 35.4 Å². The molecule has 2 aromatic carbocycles. The fraction of sp³-hybridized carbons (Fsp3) is 0.188. The van der Waals surface area contributed by atoms with Gasteiger partial charge in [0, 0.05) is 16.5 Å². The number of halogens is 2. The first-order chi connectivity index (χ1) is 9.60. The maximum atomic E-state index is 11.7. The number of rotatable bonds is 4. The Balaban J connectivity index is 2.35. The van der Waals surface area contributed by atoms with Gasteiger partial charge in [0.2, 0.25) is 5.91 Å². The summed E-state index contributed by atoms with van der Waals surface area (Å²) < 4.78 is 0. The summed E-state index contributed by atoms with van der Waals surface area (Å²) >= 11 is 11.8. The molecule has 0 aliphatic heterocycles. The van der Waals surface area contributed by atoms with Crippen LogP contribution in [0.25, 0.3) is 0 Å². The molecular formula is C16H15Cl2NO. The molecule has 20 heavy (non-hydrogen) atoms. The maximum Gasteiger partial charge on any atom is 0.220 e. The fourth-order valence-corrected chi connectivity index (χ4v) is 2.18. The van der Waals surface area contributed by atoms with Crippen molar-refractivity contribution in [1.29, 1.82) is 0 Å². The average Bonchev–Trinajstić information content (AvgIpc) is 2.46. The minimum Gasteiger partial charge on any atom is -0.345 e. The van der Waals surface area contributed by atoms with Crippen LogP contribution in [0.3, 0.4) is 0 Å². The van der Waals surface area contributed by atoms with Crippen molar-refractivity contribution >= 4 is 29.1 Å². The highest BCUT2D eigenvalue weighted by Gasteiger charge is 2.16. The molecule has 0 saturated heterocycles. The molecule has 0 aromatic heterocycles. The van der Waals surface area contributed by atoms with Crippen molar-refractivity contribution in [1.82, 2.24) is 5.32 Å². The first kappa shape index (κ1) is 14.9. The molecule has 2 aromatic rings. The van der Waals surface area contributed by atoms with Gasteiger partial charge < -0.3 is 5.32 Å². The number of hydrogen-bond acceptors (Lipinski definition) is 1. The molecule has 2 nitrogen and oxygen atoms in total. The van der Waals surface area contributed by atoms with E-state index >= 15 is 0 Å². The Morgan fingerprint density at radius 3 is 1.70 bits per heavy atom. The van der Waals surface area contributed by atoms with Gasteiger partial charge in [0.15, 0.2) is 0 Å². The summed E-state index contributed by atoms with van der Waals surface area (Å²) in [6.07, 6.45) is 0.442. The van der Waals surface area contributed by atoms with Crippen LogP contribution in [-0.4, -0.2) is 5.91 Å². The Labute approximate surface area is 128 Å². The van der Waals surface area contributed by atoms with Crippen LogP contribution in [-0.2, 0) is 4.79 Å². The van der Waals surface area contributed by atoms with Crippen molar-refractivity contribution in [2.24, 2.45) is 0 Å². The minimum absolute atomic E-state index is 0.0000926. The minimum atomic E-state index is -0.197. The van der Waals surface area contributed by atoms with E-state index < -0.39 is 0 Å². The zero-order valence-corrected chi connectivity index (χ0v) is 12.6. The normalized spacial score (nSPS) is 10.6. The highest BCUT2D eigenvalue weighted by molar-refractivity contribution is 6.30. The smallest absolute Gasteiger partial charge is 0.220 e. The largest absolute Gasteiger partial charge is 0.345 e. The van der Waals surface area contributed by atoms with Gasteiger partial charge in [0.05, 0.1) is 6.04 Å². The Hall–Kier alpha value is -1.51. The molecule has 0 bridgehead atoms. The molecule has 104 valence electrons. The van der Waals surface area contributed by atoms with E-state index in [1.165, 1.54) is 0 Å². The lowest BCUT2D eigenvalue weighted by Crippen LogP contribution is -2.28. The number of benzene rings is 2. The average molecular weight is 308 g/mol. The highest BCUT2D eigenvalue weighted by atomic mass is 35.5. The van der Waals surface area contributed by atoms with Gasteiger partial charge in [0.25, 0.3) is 0 Å². The van der Waals surface area contributed by atoms with Gasteiger partial charge >= 0.3 is 0 Å². The van der Waals surface area contributed by atoms with Crippen LogP contribution in [0.5, 0.6) is 0 Å². The van der Waals surface area contributed by atoms with E-state index in [2.05, 4.69) is 5.32 Å². The van der Waals surface area contributed by atoms with Gasteiger partial charge in [-0.1, -0.05) is 54.4 Å². The van der Waals surface area contributed by atoms with Gasteiger partial charge in [-0.15, -0.1) is 0 Å². The van der Waals surface area contributed by atoms with Crippen LogP contribution >= 0.6 is 23.2 Å². The second-order valence-corrected chi connectivity index (χ2v) is 5.33. The zero-order valence-electron chi connectivity index (χ0n) is 11.1. The van der Waals surface area contributed by atoms with E-state index in [0.29, 0.717) is 16.5 Å². The van der Waals surface area contributed by atoms with Crippen LogP contribution in [0.4, 0.5) is 0 Å². The van der Waals surface area contributed by atoms with Crippen molar-refractivity contribution in [2.75, 3.05) is 0 Å². The van der Waals surface area contributed by atoms with Crippen LogP contribution in [0, 0.1) is 0 Å². The summed E-state index contributed by atoms with van der Waals surface area (Å²) in [5.74, 6) is -0.0000926. The molecule has 0 aliphatic carbocycles. The van der Waals surface area contributed by atoms with E-state index in [1.54, 1.807) is 0 Å². The number of amides is 1. The number of nitrogens with one attached hydrogen (secondary N) is 1. The fourth-order valence-electron chi connectivity index (χ4n) is 1.93. The molecule has 0 aliphatic rings. The van der Waals surface area contributed by atoms with Gasteiger partial charge in [-0.3, -0.25) is 4.79 Å². The van der Waals surface area contributed by atoms with Crippen LogP contribution in [0.2, 0.25) is 10.0 Å². The lowest BCUT2D eigenvalue weighted by Gasteiger charge is -2.19. The molecule has 1 amide bonds. The quantitative estimate of drug-likeness (QED) is 0.878. The van der Waals surface area contributed by atoms with E-state index in [0.717, 1.165) is 11.1 Å². The van der Waals surface area contributed by atoms with Crippen molar-refractivity contribution in [3.63, 3.8) is 0 Å². The van der Waals surface area contributed by atoms with Gasteiger partial charge in [-0.2, -0.15) is 0 Å². The molecule has 2 rings (SSSR count). The van der Waals surface area contributed by atoms with Gasteiger partial charge in [-0.25, -0.2) is 0 Å². The summed E-state index contributed by atoms with van der Waals surface area (Å²) in [5.41, 5.74) is 1.97. The van der Waals surface area contributed by atoms with Crippen molar-refractivity contribution in [3.8, 4) is 0 Å². The summed E-state index contributed by atoms with van der Waals surface area (Å²) in [5, 5.41) is 4.36. The first-order valence-electron chi connectivity index (χ1n) is 6.40. The van der Waals surface area contributed by atoms with Crippen molar-refractivity contribution in [3.05, 3.63) is 69.7 Å². The van der Waals surface area contributed by atoms with Crippen molar-refractivity contribution in [2.45, 2.75) is 19.4 Å². The molecule has 0 unspecified atom stereocenters. The number of carbonyl (C=O) groups excluding carboxylic acids is 1. The van der Waals surface area contributed by atoms with E-state index in [1.807, 2.05) is 55.5 Å². The molecule has 0 heterocycles. The molecule has 4 heteroatoms. The van der Waals surface area contributed by atoms with Gasteiger partial charge in [0.1, 0.15) is 0 Å². The lowest BCUT2D eigenvalue weighted by molar-refractivity contribution is -0.121.